The number of hydrogen-bond acceptors (Lipinski definition) is 3. The van der Waals surface area contributed by atoms with E-state index < -0.39 is 13.8 Å². The zero-order chi connectivity index (χ0) is 12.5. The first-order valence-electron chi connectivity index (χ1n) is 4.52. The van der Waals surface area contributed by atoms with Crippen molar-refractivity contribution in [3.63, 3.8) is 0 Å². The SMILES string of the molecule is C=CC(N)=O.CO[Si](Cl)(CC(C)C)OC. The molecule has 0 saturated heterocycles. The Bertz CT molecular complexity index is 196. The van der Waals surface area contributed by atoms with E-state index in [1.54, 1.807) is 14.2 Å². The van der Waals surface area contributed by atoms with Gasteiger partial charge in [-0.15, -0.1) is 0 Å². The van der Waals surface area contributed by atoms with Crippen LogP contribution in [0.2, 0.25) is 6.04 Å². The van der Waals surface area contributed by atoms with Gasteiger partial charge in [0.1, 0.15) is 0 Å². The second-order valence-corrected chi connectivity index (χ2v) is 7.54. The van der Waals surface area contributed by atoms with Crippen LogP contribution in [0.3, 0.4) is 0 Å². The van der Waals surface area contributed by atoms with Crippen LogP contribution >= 0.6 is 11.1 Å². The molecule has 0 bridgehead atoms. The maximum Gasteiger partial charge on any atom is 0.442 e. The van der Waals surface area contributed by atoms with Crippen LogP contribution in [-0.2, 0) is 13.6 Å². The van der Waals surface area contributed by atoms with Crippen molar-refractivity contribution in [2.24, 2.45) is 11.7 Å². The van der Waals surface area contributed by atoms with Crippen molar-refractivity contribution in [2.75, 3.05) is 14.2 Å². The van der Waals surface area contributed by atoms with E-state index in [-0.39, 0.29) is 0 Å². The monoisotopic (exact) mass is 253 g/mol. The first kappa shape index (κ1) is 17.0. The van der Waals surface area contributed by atoms with Gasteiger partial charge in [-0.2, -0.15) is 0 Å². The Morgan fingerprint density at radius 1 is 1.53 bits per heavy atom. The highest BCUT2D eigenvalue weighted by Crippen LogP contribution is 2.21. The van der Waals surface area contributed by atoms with E-state index >= 15 is 0 Å². The summed E-state index contributed by atoms with van der Waals surface area (Å²) in [4.78, 5) is 9.47. The molecule has 0 aromatic carbocycles. The van der Waals surface area contributed by atoms with Gasteiger partial charge in [-0.05, 0) is 12.0 Å². The number of nitrogens with two attached hydrogens (primary N) is 1. The summed E-state index contributed by atoms with van der Waals surface area (Å²) in [6.07, 6.45) is 1.06. The van der Waals surface area contributed by atoms with E-state index in [9.17, 15) is 4.79 Å². The van der Waals surface area contributed by atoms with Gasteiger partial charge in [-0.25, -0.2) is 0 Å². The Morgan fingerprint density at radius 3 is 1.93 bits per heavy atom. The average molecular weight is 254 g/mol. The first-order chi connectivity index (χ1) is 6.81. The maximum atomic E-state index is 9.47. The summed E-state index contributed by atoms with van der Waals surface area (Å²) in [5, 5.41) is 0. The number of hydrogen-bond donors (Lipinski definition) is 1. The predicted octanol–water partition coefficient (Wildman–Crippen LogP) is 1.77. The lowest BCUT2D eigenvalue weighted by Gasteiger charge is -2.20. The molecule has 0 aromatic heterocycles. The lowest BCUT2D eigenvalue weighted by molar-refractivity contribution is -0.113. The fraction of sp³-hybridized carbons (Fsp3) is 0.667. The molecule has 4 nitrogen and oxygen atoms in total. The summed E-state index contributed by atoms with van der Waals surface area (Å²) >= 11 is 6.00. The van der Waals surface area contributed by atoms with Crippen molar-refractivity contribution in [1.29, 1.82) is 0 Å². The van der Waals surface area contributed by atoms with Crippen LogP contribution < -0.4 is 5.73 Å². The molecular formula is C9H20ClNO3Si. The van der Waals surface area contributed by atoms with Crippen LogP contribution in [0.4, 0.5) is 0 Å². The third-order valence-electron chi connectivity index (χ3n) is 1.46. The van der Waals surface area contributed by atoms with Gasteiger partial charge in [0, 0.05) is 20.3 Å². The summed E-state index contributed by atoms with van der Waals surface area (Å²) in [6.45, 7) is 7.28. The minimum absolute atomic E-state index is 0.481. The van der Waals surface area contributed by atoms with Crippen molar-refractivity contribution in [2.45, 2.75) is 19.9 Å². The molecule has 0 heterocycles. The summed E-state index contributed by atoms with van der Waals surface area (Å²) in [7, 11) is 0.916. The van der Waals surface area contributed by atoms with E-state index in [0.717, 1.165) is 12.1 Å². The van der Waals surface area contributed by atoms with Gasteiger partial charge in [0.05, 0.1) is 0 Å². The molecule has 0 atom stereocenters. The third-order valence-corrected chi connectivity index (χ3v) is 5.38. The molecule has 0 radical (unpaired) electrons. The average Bonchev–Trinajstić information content (AvgIpc) is 2.17. The Morgan fingerprint density at radius 2 is 1.87 bits per heavy atom. The Balaban J connectivity index is 0. The fourth-order valence-electron chi connectivity index (χ4n) is 0.738. The number of amides is 1. The van der Waals surface area contributed by atoms with Gasteiger partial charge in [0.25, 0.3) is 0 Å². The second kappa shape index (κ2) is 8.91. The third kappa shape index (κ3) is 11.6. The zero-order valence-corrected chi connectivity index (χ0v) is 11.5. The molecule has 0 rings (SSSR count). The first-order valence-corrected chi connectivity index (χ1v) is 7.56. The van der Waals surface area contributed by atoms with E-state index in [2.05, 4.69) is 26.2 Å². The minimum atomic E-state index is -2.29. The van der Waals surface area contributed by atoms with E-state index in [1.807, 2.05) is 0 Å². The van der Waals surface area contributed by atoms with Gasteiger partial charge in [0.2, 0.25) is 5.91 Å². The van der Waals surface area contributed by atoms with Crippen LogP contribution in [0.1, 0.15) is 13.8 Å². The molecule has 0 spiro atoms. The topological polar surface area (TPSA) is 61.6 Å². The summed E-state index contributed by atoms with van der Waals surface area (Å²) in [6, 6.07) is 0.835. The molecule has 2 N–H and O–H groups in total. The zero-order valence-electron chi connectivity index (χ0n) is 9.75. The van der Waals surface area contributed by atoms with Gasteiger partial charge < -0.3 is 14.6 Å². The number of carbonyl (C=O) groups excluding carboxylic acids is 1. The number of rotatable bonds is 5. The normalized spacial score (nSPS) is 10.5. The van der Waals surface area contributed by atoms with Crippen molar-refractivity contribution in [3.05, 3.63) is 12.7 Å². The van der Waals surface area contributed by atoms with Crippen molar-refractivity contribution in [3.8, 4) is 0 Å². The molecule has 90 valence electrons. The molecular weight excluding hydrogens is 234 g/mol. The highest BCUT2D eigenvalue weighted by atomic mass is 35.6. The van der Waals surface area contributed by atoms with Crippen LogP contribution in [0, 0.1) is 5.92 Å². The maximum absolute atomic E-state index is 9.47. The Labute approximate surface area is 97.3 Å². The van der Waals surface area contributed by atoms with Gasteiger partial charge in [0.15, 0.2) is 0 Å². The highest BCUT2D eigenvalue weighted by Gasteiger charge is 2.33. The van der Waals surface area contributed by atoms with E-state index in [4.69, 9.17) is 19.9 Å². The Hall–Kier alpha value is -0.363. The van der Waals surface area contributed by atoms with Gasteiger partial charge in [-0.3, -0.25) is 4.79 Å². The standard InChI is InChI=1S/C6H15ClO2Si.C3H5NO/c1-6(2)5-10(7,8-3)9-4;1-2-3(4)5/h6H,5H2,1-4H3;2H,1H2,(H2,4,5). The van der Waals surface area contributed by atoms with Crippen molar-refractivity contribution >= 4 is 24.9 Å². The lowest BCUT2D eigenvalue weighted by atomic mass is 10.3. The summed E-state index contributed by atoms with van der Waals surface area (Å²) in [5.74, 6) is 0.0501. The summed E-state index contributed by atoms with van der Waals surface area (Å²) in [5.41, 5.74) is 4.53. The molecule has 0 aliphatic carbocycles. The number of carbonyl (C=O) groups is 1. The van der Waals surface area contributed by atoms with Gasteiger partial charge in [-0.1, -0.05) is 31.5 Å². The van der Waals surface area contributed by atoms with Gasteiger partial charge >= 0.3 is 7.87 Å². The number of primary amides is 1. The molecule has 15 heavy (non-hydrogen) atoms. The molecule has 1 amide bonds. The fourth-order valence-corrected chi connectivity index (χ4v) is 3.14. The molecule has 0 aliphatic rings. The van der Waals surface area contributed by atoms with E-state index in [1.165, 1.54) is 0 Å². The molecule has 6 heteroatoms. The van der Waals surface area contributed by atoms with Crippen LogP contribution in [-0.4, -0.2) is 28.0 Å². The number of halogens is 1. The predicted molar refractivity (Wildman–Crippen MR) is 64.7 cm³/mol. The molecule has 0 fully saturated rings. The molecule has 0 unspecified atom stereocenters. The molecule has 0 saturated carbocycles. The lowest BCUT2D eigenvalue weighted by Crippen LogP contribution is -2.34. The van der Waals surface area contributed by atoms with Crippen LogP contribution in [0.5, 0.6) is 0 Å². The highest BCUT2D eigenvalue weighted by molar-refractivity contribution is 7.12. The van der Waals surface area contributed by atoms with Crippen molar-refractivity contribution < 1.29 is 13.6 Å². The van der Waals surface area contributed by atoms with Crippen molar-refractivity contribution in [1.82, 2.24) is 0 Å². The van der Waals surface area contributed by atoms with E-state index in [0.29, 0.717) is 5.92 Å². The summed E-state index contributed by atoms with van der Waals surface area (Å²) < 4.78 is 10.2. The van der Waals surface area contributed by atoms with Crippen LogP contribution in [0.15, 0.2) is 12.7 Å². The largest absolute Gasteiger partial charge is 0.442 e. The molecule has 0 aromatic rings. The second-order valence-electron chi connectivity index (χ2n) is 3.27. The Kier molecular flexibility index (Phi) is 10.1. The van der Waals surface area contributed by atoms with Crippen LogP contribution in [0.25, 0.3) is 0 Å². The molecule has 0 aliphatic heterocycles. The quantitative estimate of drug-likeness (QED) is 0.462. The minimum Gasteiger partial charge on any atom is -0.386 e. The smallest absolute Gasteiger partial charge is 0.386 e.